The van der Waals surface area contributed by atoms with E-state index in [1.165, 1.54) is 6.07 Å². The zero-order valence-electron chi connectivity index (χ0n) is 8.07. The molecule has 0 atom stereocenters. The molecular weight excluding hydrogens is 194 g/mol. The lowest BCUT2D eigenvalue weighted by Gasteiger charge is -2.01. The molecule has 0 aliphatic rings. The fraction of sp³-hybridized carbons (Fsp3) is 0.0909. The van der Waals surface area contributed by atoms with Crippen molar-refractivity contribution in [3.05, 3.63) is 34.9 Å². The van der Waals surface area contributed by atoms with Gasteiger partial charge < -0.3 is 10.8 Å². The monoisotopic (exact) mass is 203 g/mol. The molecule has 76 valence electrons. The second kappa shape index (κ2) is 4.29. The van der Waals surface area contributed by atoms with Crippen LogP contribution < -0.4 is 5.73 Å². The van der Waals surface area contributed by atoms with Crippen molar-refractivity contribution in [3.8, 4) is 11.8 Å². The van der Waals surface area contributed by atoms with Gasteiger partial charge in [0.1, 0.15) is 0 Å². The molecular formula is C11H9NO3. The van der Waals surface area contributed by atoms with E-state index in [0.717, 1.165) is 0 Å². The number of amides is 1. The highest BCUT2D eigenvalue weighted by Crippen LogP contribution is 2.12. The van der Waals surface area contributed by atoms with Crippen LogP contribution in [0.2, 0.25) is 0 Å². The van der Waals surface area contributed by atoms with Gasteiger partial charge in [-0.3, -0.25) is 4.79 Å². The third-order valence-electron chi connectivity index (χ3n) is 1.81. The van der Waals surface area contributed by atoms with Gasteiger partial charge in [0.25, 0.3) is 5.91 Å². The molecule has 0 fully saturated rings. The van der Waals surface area contributed by atoms with Crippen molar-refractivity contribution >= 4 is 11.9 Å². The summed E-state index contributed by atoms with van der Waals surface area (Å²) in [4.78, 5) is 21.3. The third kappa shape index (κ3) is 2.58. The Morgan fingerprint density at radius 2 is 2.07 bits per heavy atom. The van der Waals surface area contributed by atoms with Gasteiger partial charge in [-0.05, 0) is 18.6 Å². The van der Waals surface area contributed by atoms with Crippen molar-refractivity contribution in [1.29, 1.82) is 0 Å². The van der Waals surface area contributed by atoms with Crippen LogP contribution >= 0.6 is 0 Å². The van der Waals surface area contributed by atoms with Crippen LogP contribution in [0.25, 0.3) is 0 Å². The molecule has 3 N–H and O–H groups in total. The SMILES string of the molecule is Cc1cccc(C(=O)O)c1C#CC(N)=O. The van der Waals surface area contributed by atoms with Crippen molar-refractivity contribution in [3.63, 3.8) is 0 Å². The Labute approximate surface area is 86.7 Å². The zero-order chi connectivity index (χ0) is 11.4. The first-order chi connectivity index (χ1) is 7.02. The van der Waals surface area contributed by atoms with E-state index in [1.807, 2.05) is 0 Å². The maximum absolute atomic E-state index is 10.8. The van der Waals surface area contributed by atoms with Crippen LogP contribution in [0.1, 0.15) is 21.5 Å². The number of benzene rings is 1. The summed E-state index contributed by atoms with van der Waals surface area (Å²) in [5.74, 6) is 2.72. The van der Waals surface area contributed by atoms with E-state index in [0.29, 0.717) is 11.1 Å². The molecule has 1 amide bonds. The highest BCUT2D eigenvalue weighted by molar-refractivity contribution is 5.95. The standard InChI is InChI=1S/C11H9NO3/c1-7-3-2-4-9(11(14)15)8(7)5-6-10(12)13/h2-4H,1H3,(H2,12,13)(H,14,15). The van der Waals surface area contributed by atoms with Crippen LogP contribution in [0.3, 0.4) is 0 Å². The van der Waals surface area contributed by atoms with Gasteiger partial charge in [0.15, 0.2) is 0 Å². The van der Waals surface area contributed by atoms with Gasteiger partial charge in [-0.2, -0.15) is 0 Å². The summed E-state index contributed by atoms with van der Waals surface area (Å²) in [6.07, 6.45) is 0. The summed E-state index contributed by atoms with van der Waals surface area (Å²) in [6, 6.07) is 4.77. The van der Waals surface area contributed by atoms with Gasteiger partial charge in [0.2, 0.25) is 0 Å². The second-order valence-electron chi connectivity index (χ2n) is 2.92. The smallest absolute Gasteiger partial charge is 0.336 e. The van der Waals surface area contributed by atoms with E-state index in [9.17, 15) is 9.59 Å². The molecule has 1 aromatic rings. The van der Waals surface area contributed by atoms with E-state index < -0.39 is 11.9 Å². The summed E-state index contributed by atoms with van der Waals surface area (Å²) >= 11 is 0. The van der Waals surface area contributed by atoms with Crippen molar-refractivity contribution in [1.82, 2.24) is 0 Å². The summed E-state index contributed by atoms with van der Waals surface area (Å²) in [5, 5.41) is 8.87. The Kier molecular flexibility index (Phi) is 3.09. The number of carboxylic acids is 1. The number of primary amides is 1. The molecule has 4 heteroatoms. The van der Waals surface area contributed by atoms with E-state index in [4.69, 9.17) is 10.8 Å². The third-order valence-corrected chi connectivity index (χ3v) is 1.81. The Morgan fingerprint density at radius 3 is 2.60 bits per heavy atom. The fourth-order valence-electron chi connectivity index (χ4n) is 1.14. The first kappa shape index (κ1) is 10.8. The topological polar surface area (TPSA) is 80.4 Å². The van der Waals surface area contributed by atoms with Crippen LogP contribution in [0, 0.1) is 18.8 Å². The Bertz CT molecular complexity index is 480. The first-order valence-corrected chi connectivity index (χ1v) is 4.16. The van der Waals surface area contributed by atoms with Crippen molar-refractivity contribution in [2.24, 2.45) is 5.73 Å². The van der Waals surface area contributed by atoms with Gasteiger partial charge >= 0.3 is 5.97 Å². The number of carboxylic acid groups (broad SMARTS) is 1. The Balaban J connectivity index is 3.33. The minimum absolute atomic E-state index is 0.0729. The van der Waals surface area contributed by atoms with Crippen molar-refractivity contribution in [2.45, 2.75) is 6.92 Å². The summed E-state index contributed by atoms with van der Waals surface area (Å²) in [5.41, 5.74) is 5.95. The van der Waals surface area contributed by atoms with Crippen LogP contribution in [-0.4, -0.2) is 17.0 Å². The maximum atomic E-state index is 10.8. The zero-order valence-corrected chi connectivity index (χ0v) is 8.07. The molecule has 0 radical (unpaired) electrons. The maximum Gasteiger partial charge on any atom is 0.336 e. The first-order valence-electron chi connectivity index (χ1n) is 4.16. The average Bonchev–Trinajstić information content (AvgIpc) is 2.15. The summed E-state index contributed by atoms with van der Waals surface area (Å²) in [6.45, 7) is 1.72. The molecule has 4 nitrogen and oxygen atoms in total. The number of rotatable bonds is 1. The number of carbonyl (C=O) groups is 2. The number of nitrogens with two attached hydrogens (primary N) is 1. The largest absolute Gasteiger partial charge is 0.478 e. The van der Waals surface area contributed by atoms with Gasteiger partial charge in [-0.15, -0.1) is 0 Å². The molecule has 0 aliphatic carbocycles. The molecule has 0 unspecified atom stereocenters. The summed E-state index contributed by atoms with van der Waals surface area (Å²) in [7, 11) is 0. The molecule has 0 heterocycles. The van der Waals surface area contributed by atoms with E-state index in [-0.39, 0.29) is 5.56 Å². The van der Waals surface area contributed by atoms with Gasteiger partial charge in [0.05, 0.1) is 5.56 Å². The van der Waals surface area contributed by atoms with Crippen LogP contribution in [-0.2, 0) is 4.79 Å². The predicted molar refractivity (Wildman–Crippen MR) is 54.2 cm³/mol. The van der Waals surface area contributed by atoms with Crippen LogP contribution in [0.15, 0.2) is 18.2 Å². The molecule has 15 heavy (non-hydrogen) atoms. The van der Waals surface area contributed by atoms with Gasteiger partial charge in [-0.1, -0.05) is 18.1 Å². The molecule has 1 aromatic carbocycles. The molecule has 0 saturated carbocycles. The van der Waals surface area contributed by atoms with Crippen molar-refractivity contribution < 1.29 is 14.7 Å². The quantitative estimate of drug-likeness (QED) is 0.653. The fourth-order valence-corrected chi connectivity index (χ4v) is 1.14. The number of aromatic carboxylic acids is 1. The highest BCUT2D eigenvalue weighted by Gasteiger charge is 2.09. The lowest BCUT2D eigenvalue weighted by atomic mass is 10.0. The molecule has 0 aliphatic heterocycles. The number of carbonyl (C=O) groups excluding carboxylic acids is 1. The van der Waals surface area contributed by atoms with Gasteiger partial charge in [0, 0.05) is 11.5 Å². The number of hydrogen-bond acceptors (Lipinski definition) is 2. The molecule has 0 saturated heterocycles. The van der Waals surface area contributed by atoms with E-state index in [2.05, 4.69) is 11.8 Å². The highest BCUT2D eigenvalue weighted by atomic mass is 16.4. The van der Waals surface area contributed by atoms with E-state index in [1.54, 1.807) is 19.1 Å². The average molecular weight is 203 g/mol. The van der Waals surface area contributed by atoms with Crippen LogP contribution in [0.4, 0.5) is 0 Å². The molecule has 1 rings (SSSR count). The minimum atomic E-state index is -1.08. The summed E-state index contributed by atoms with van der Waals surface area (Å²) < 4.78 is 0. The number of hydrogen-bond donors (Lipinski definition) is 2. The second-order valence-corrected chi connectivity index (χ2v) is 2.92. The predicted octanol–water partition coefficient (Wildman–Crippen LogP) is 0.530. The minimum Gasteiger partial charge on any atom is -0.478 e. The lowest BCUT2D eigenvalue weighted by molar-refractivity contribution is -0.112. The van der Waals surface area contributed by atoms with E-state index >= 15 is 0 Å². The Hall–Kier alpha value is -2.28. The molecule has 0 aromatic heterocycles. The lowest BCUT2D eigenvalue weighted by Crippen LogP contribution is -2.07. The van der Waals surface area contributed by atoms with Crippen LogP contribution in [0.5, 0.6) is 0 Å². The van der Waals surface area contributed by atoms with Crippen molar-refractivity contribution in [2.75, 3.05) is 0 Å². The van der Waals surface area contributed by atoms with Gasteiger partial charge in [-0.25, -0.2) is 4.79 Å². The number of aryl methyl sites for hydroxylation is 1. The normalized spacial score (nSPS) is 8.87. The Morgan fingerprint density at radius 1 is 1.40 bits per heavy atom. The molecule has 0 spiro atoms. The molecule has 0 bridgehead atoms.